The molecule has 86 valence electrons. The van der Waals surface area contributed by atoms with Crippen molar-refractivity contribution in [3.63, 3.8) is 0 Å². The molecule has 0 amide bonds. The fourth-order valence-corrected chi connectivity index (χ4v) is 3.53. The van der Waals surface area contributed by atoms with Gasteiger partial charge in [-0.25, -0.2) is 0 Å². The Morgan fingerprint density at radius 3 is 2.88 bits per heavy atom. The maximum absolute atomic E-state index is 11.9. The molecule has 0 aromatic carbocycles. The lowest BCUT2D eigenvalue weighted by Gasteiger charge is -2.11. The van der Waals surface area contributed by atoms with E-state index in [1.807, 2.05) is 11.4 Å². The summed E-state index contributed by atoms with van der Waals surface area (Å²) >= 11 is 5.12. The van der Waals surface area contributed by atoms with Crippen molar-refractivity contribution in [2.45, 2.75) is 38.5 Å². The van der Waals surface area contributed by atoms with Crippen molar-refractivity contribution in [3.05, 3.63) is 32.4 Å². The van der Waals surface area contributed by atoms with Gasteiger partial charge in [0.2, 0.25) is 0 Å². The first-order chi connectivity index (χ1) is 7.75. The highest BCUT2D eigenvalue weighted by Crippen LogP contribution is 2.25. The van der Waals surface area contributed by atoms with E-state index < -0.39 is 0 Å². The van der Waals surface area contributed by atoms with Crippen LogP contribution in [0, 0.1) is 0 Å². The largest absolute Gasteiger partial charge is 0.299 e. The molecule has 0 N–H and O–H groups in total. The monoisotopic (exact) mass is 298 g/mol. The third-order valence-corrected chi connectivity index (χ3v) is 4.78. The number of carbonyl (C=O) groups is 1. The molecule has 1 aromatic heterocycles. The van der Waals surface area contributed by atoms with Crippen molar-refractivity contribution in [2.75, 3.05) is 0 Å². The second-order valence-corrected chi connectivity index (χ2v) is 6.05. The Bertz CT molecular complexity index is 406. The Kier molecular flexibility index (Phi) is 4.36. The van der Waals surface area contributed by atoms with Crippen LogP contribution in [-0.2, 0) is 11.2 Å². The number of hydrogen-bond donors (Lipinski definition) is 0. The van der Waals surface area contributed by atoms with E-state index in [9.17, 15) is 4.79 Å². The van der Waals surface area contributed by atoms with E-state index >= 15 is 0 Å². The minimum absolute atomic E-state index is 0.344. The summed E-state index contributed by atoms with van der Waals surface area (Å²) in [6, 6.07) is 2.01. The number of hydrogen-bond acceptors (Lipinski definition) is 2. The van der Waals surface area contributed by atoms with Gasteiger partial charge >= 0.3 is 0 Å². The van der Waals surface area contributed by atoms with Gasteiger partial charge in [-0.05, 0) is 53.1 Å². The maximum atomic E-state index is 11.9. The highest BCUT2D eigenvalue weighted by atomic mass is 79.9. The first-order valence-electron chi connectivity index (χ1n) is 5.67. The number of Topliss-reactive ketones (excluding diaryl/α,β-unsaturated/α-hetero) is 1. The van der Waals surface area contributed by atoms with Gasteiger partial charge in [0.25, 0.3) is 0 Å². The molecule has 0 unspecified atom stereocenters. The fraction of sp³-hybridized carbons (Fsp3) is 0.462. The van der Waals surface area contributed by atoms with Gasteiger partial charge in [-0.3, -0.25) is 4.79 Å². The molecule has 1 heterocycles. The van der Waals surface area contributed by atoms with Crippen molar-refractivity contribution in [3.8, 4) is 0 Å². The average Bonchev–Trinajstić information content (AvgIpc) is 2.66. The molecule has 1 aliphatic carbocycles. The number of rotatable bonds is 4. The first kappa shape index (κ1) is 12.1. The van der Waals surface area contributed by atoms with Crippen LogP contribution < -0.4 is 0 Å². The number of carbonyl (C=O) groups excluding carboxylic acids is 1. The Morgan fingerprint density at radius 1 is 1.38 bits per heavy atom. The van der Waals surface area contributed by atoms with Crippen LogP contribution >= 0.6 is 27.3 Å². The van der Waals surface area contributed by atoms with E-state index in [-0.39, 0.29) is 0 Å². The van der Waals surface area contributed by atoms with E-state index in [1.165, 1.54) is 18.4 Å². The van der Waals surface area contributed by atoms with Crippen LogP contribution in [0.3, 0.4) is 0 Å². The van der Waals surface area contributed by atoms with Crippen LogP contribution in [0.2, 0.25) is 0 Å². The molecule has 0 bridgehead atoms. The van der Waals surface area contributed by atoms with Crippen LogP contribution in [0.1, 0.15) is 37.0 Å². The van der Waals surface area contributed by atoms with Crippen molar-refractivity contribution in [1.82, 2.24) is 0 Å². The number of allylic oxidation sites excluding steroid dienone is 2. The summed E-state index contributed by atoms with van der Waals surface area (Å²) in [5.74, 6) is 0.344. The number of thiophene rings is 1. The third kappa shape index (κ3) is 3.29. The van der Waals surface area contributed by atoms with E-state index in [1.54, 1.807) is 11.3 Å². The quantitative estimate of drug-likeness (QED) is 0.747. The molecule has 0 fully saturated rings. The smallest absolute Gasteiger partial charge is 0.142 e. The predicted molar refractivity (Wildman–Crippen MR) is 71.9 cm³/mol. The zero-order valence-electron chi connectivity index (χ0n) is 9.17. The summed E-state index contributed by atoms with van der Waals surface area (Å²) < 4.78 is 1.07. The molecule has 2 rings (SSSR count). The summed E-state index contributed by atoms with van der Waals surface area (Å²) in [6.07, 6.45) is 8.31. The zero-order chi connectivity index (χ0) is 11.4. The van der Waals surface area contributed by atoms with Crippen LogP contribution in [-0.4, -0.2) is 5.78 Å². The normalized spacial score (nSPS) is 15.9. The molecule has 0 saturated heterocycles. The van der Waals surface area contributed by atoms with E-state index in [4.69, 9.17) is 0 Å². The number of ketones is 1. The summed E-state index contributed by atoms with van der Waals surface area (Å²) in [4.78, 5) is 13.0. The lowest BCUT2D eigenvalue weighted by molar-refractivity contribution is -0.117. The van der Waals surface area contributed by atoms with Gasteiger partial charge in [0.15, 0.2) is 0 Å². The first-order valence-corrected chi connectivity index (χ1v) is 7.34. The highest BCUT2D eigenvalue weighted by Gasteiger charge is 2.11. The topological polar surface area (TPSA) is 17.1 Å². The van der Waals surface area contributed by atoms with E-state index in [0.29, 0.717) is 18.6 Å². The Hall–Kier alpha value is -0.410. The van der Waals surface area contributed by atoms with Crippen molar-refractivity contribution in [2.24, 2.45) is 0 Å². The van der Waals surface area contributed by atoms with Gasteiger partial charge < -0.3 is 0 Å². The molecule has 0 atom stereocenters. The van der Waals surface area contributed by atoms with Crippen LogP contribution in [0.15, 0.2) is 27.6 Å². The van der Waals surface area contributed by atoms with Crippen LogP contribution in [0.25, 0.3) is 0 Å². The van der Waals surface area contributed by atoms with Crippen molar-refractivity contribution < 1.29 is 4.79 Å². The molecular weight excluding hydrogens is 284 g/mol. The molecular formula is C13H15BrOS. The third-order valence-electron chi connectivity index (χ3n) is 2.86. The van der Waals surface area contributed by atoms with E-state index in [0.717, 1.165) is 22.2 Å². The second-order valence-electron chi connectivity index (χ2n) is 4.19. The lowest BCUT2D eigenvalue weighted by Crippen LogP contribution is -2.05. The van der Waals surface area contributed by atoms with Gasteiger partial charge in [0.1, 0.15) is 5.78 Å². The Balaban J connectivity index is 1.89. The van der Waals surface area contributed by atoms with Crippen LogP contribution in [0.5, 0.6) is 0 Å². The molecule has 0 saturated carbocycles. The summed E-state index contributed by atoms with van der Waals surface area (Å²) in [5, 5.41) is 2.02. The summed E-state index contributed by atoms with van der Waals surface area (Å²) in [6.45, 7) is 0. The molecule has 1 aliphatic rings. The van der Waals surface area contributed by atoms with Crippen LogP contribution in [0.4, 0.5) is 0 Å². The Morgan fingerprint density at radius 2 is 2.25 bits per heavy atom. The molecule has 16 heavy (non-hydrogen) atoms. The van der Waals surface area contributed by atoms with Crippen molar-refractivity contribution in [1.29, 1.82) is 0 Å². The maximum Gasteiger partial charge on any atom is 0.142 e. The second kappa shape index (κ2) is 5.78. The minimum atomic E-state index is 0.344. The predicted octanol–water partition coefficient (Wildman–Crippen LogP) is 4.51. The van der Waals surface area contributed by atoms with Gasteiger partial charge in [-0.2, -0.15) is 0 Å². The van der Waals surface area contributed by atoms with Gasteiger partial charge in [0.05, 0.1) is 0 Å². The highest BCUT2D eigenvalue weighted by molar-refractivity contribution is 9.10. The van der Waals surface area contributed by atoms with Gasteiger partial charge in [-0.15, -0.1) is 11.3 Å². The molecule has 0 spiro atoms. The SMILES string of the molecule is O=C(CC1=CCCCC1)Cc1sccc1Br. The molecule has 1 aromatic rings. The fourth-order valence-electron chi connectivity index (χ4n) is 2.01. The lowest BCUT2D eigenvalue weighted by atomic mass is 9.95. The zero-order valence-corrected chi connectivity index (χ0v) is 11.6. The standard InChI is InChI=1S/C13H15BrOS/c14-12-6-7-16-13(12)9-11(15)8-10-4-2-1-3-5-10/h4,6-7H,1-3,5,8-9H2. The molecule has 0 radical (unpaired) electrons. The van der Waals surface area contributed by atoms with Gasteiger partial charge in [0, 0.05) is 22.2 Å². The van der Waals surface area contributed by atoms with Crippen molar-refractivity contribution >= 4 is 33.0 Å². The van der Waals surface area contributed by atoms with Gasteiger partial charge in [-0.1, -0.05) is 11.6 Å². The Labute approximate surface area is 109 Å². The minimum Gasteiger partial charge on any atom is -0.299 e. The number of halogens is 1. The van der Waals surface area contributed by atoms with E-state index in [2.05, 4.69) is 22.0 Å². The molecule has 1 nitrogen and oxygen atoms in total. The average molecular weight is 299 g/mol. The summed E-state index contributed by atoms with van der Waals surface area (Å²) in [5.41, 5.74) is 1.35. The molecule has 3 heteroatoms. The summed E-state index contributed by atoms with van der Waals surface area (Å²) in [7, 11) is 0. The molecule has 0 aliphatic heterocycles.